The summed E-state index contributed by atoms with van der Waals surface area (Å²) in [6.07, 6.45) is 2.40. The van der Waals surface area contributed by atoms with Crippen molar-refractivity contribution in [3.8, 4) is 11.4 Å². The van der Waals surface area contributed by atoms with Crippen LogP contribution in [0.1, 0.15) is 25.7 Å². The Morgan fingerprint density at radius 2 is 2.35 bits per heavy atom. The molecule has 0 unspecified atom stereocenters. The highest BCUT2D eigenvalue weighted by Crippen LogP contribution is 2.18. The topological polar surface area (TPSA) is 42.2 Å². The molecule has 2 heterocycles. The highest BCUT2D eigenvalue weighted by atomic mass is 32.1. The van der Waals surface area contributed by atoms with E-state index in [1.807, 2.05) is 16.8 Å². The summed E-state index contributed by atoms with van der Waals surface area (Å²) in [5, 5.41) is 8.02. The molecule has 0 aliphatic rings. The number of nitrogens with zero attached hydrogens (tertiary/aromatic N) is 3. The summed E-state index contributed by atoms with van der Waals surface area (Å²) in [5.74, 6) is 1.37. The van der Waals surface area contributed by atoms with E-state index in [9.17, 15) is 0 Å². The van der Waals surface area contributed by atoms with Gasteiger partial charge in [-0.3, -0.25) is 4.90 Å². The van der Waals surface area contributed by atoms with Crippen molar-refractivity contribution in [2.45, 2.75) is 26.3 Å². The zero-order chi connectivity index (χ0) is 12.1. The lowest BCUT2D eigenvalue weighted by Crippen LogP contribution is -2.19. The maximum atomic E-state index is 5.24. The predicted octanol–water partition coefficient (Wildman–Crippen LogP) is 3.03. The van der Waals surface area contributed by atoms with E-state index in [1.54, 1.807) is 11.3 Å². The molecule has 0 atom stereocenters. The molecule has 0 aliphatic heterocycles. The Morgan fingerprint density at radius 3 is 3.06 bits per heavy atom. The van der Waals surface area contributed by atoms with Crippen LogP contribution in [0.25, 0.3) is 11.4 Å². The van der Waals surface area contributed by atoms with Gasteiger partial charge in [-0.05, 0) is 31.5 Å². The molecule has 92 valence electrons. The van der Waals surface area contributed by atoms with Crippen LogP contribution in [-0.4, -0.2) is 28.6 Å². The molecule has 2 rings (SSSR count). The summed E-state index contributed by atoms with van der Waals surface area (Å²) < 4.78 is 5.24. The van der Waals surface area contributed by atoms with Gasteiger partial charge in [0.25, 0.3) is 0 Å². The minimum Gasteiger partial charge on any atom is -0.338 e. The molecular formula is C12H17N3OS. The lowest BCUT2D eigenvalue weighted by atomic mass is 10.3. The third-order valence-electron chi connectivity index (χ3n) is 2.55. The van der Waals surface area contributed by atoms with Crippen LogP contribution in [-0.2, 0) is 6.54 Å². The van der Waals surface area contributed by atoms with Crippen molar-refractivity contribution in [1.82, 2.24) is 15.0 Å². The van der Waals surface area contributed by atoms with Gasteiger partial charge in [0.15, 0.2) is 0 Å². The number of hydrogen-bond donors (Lipinski definition) is 0. The van der Waals surface area contributed by atoms with Crippen molar-refractivity contribution in [1.29, 1.82) is 0 Å². The first kappa shape index (κ1) is 12.3. The first-order chi connectivity index (χ1) is 8.29. The average molecular weight is 251 g/mol. The highest BCUT2D eigenvalue weighted by molar-refractivity contribution is 7.08. The van der Waals surface area contributed by atoms with Gasteiger partial charge in [0, 0.05) is 10.9 Å². The number of thiophene rings is 1. The maximum absolute atomic E-state index is 5.24. The van der Waals surface area contributed by atoms with Crippen LogP contribution in [0.3, 0.4) is 0 Å². The summed E-state index contributed by atoms with van der Waals surface area (Å²) >= 11 is 1.64. The van der Waals surface area contributed by atoms with Gasteiger partial charge in [0.1, 0.15) is 0 Å². The fourth-order valence-electron chi connectivity index (χ4n) is 1.57. The second kappa shape index (κ2) is 5.93. The fraction of sp³-hybridized carbons (Fsp3) is 0.500. The van der Waals surface area contributed by atoms with Crippen LogP contribution < -0.4 is 0 Å². The molecule has 17 heavy (non-hydrogen) atoms. The number of rotatable bonds is 6. The molecule has 4 nitrogen and oxygen atoms in total. The minimum absolute atomic E-state index is 0.685. The second-order valence-corrected chi connectivity index (χ2v) is 4.90. The van der Waals surface area contributed by atoms with Crippen molar-refractivity contribution < 1.29 is 4.52 Å². The molecule has 0 bridgehead atoms. The molecule has 0 saturated carbocycles. The summed E-state index contributed by atoms with van der Waals surface area (Å²) in [4.78, 5) is 6.59. The van der Waals surface area contributed by atoms with Crippen LogP contribution in [0.2, 0.25) is 0 Å². The van der Waals surface area contributed by atoms with Gasteiger partial charge >= 0.3 is 0 Å². The van der Waals surface area contributed by atoms with E-state index in [2.05, 4.69) is 29.0 Å². The van der Waals surface area contributed by atoms with Gasteiger partial charge in [0.05, 0.1) is 6.54 Å². The maximum Gasteiger partial charge on any atom is 0.241 e. The standard InChI is InChI=1S/C12H17N3OS/c1-3-4-6-15(2)8-11-13-12(14-16-11)10-5-7-17-9-10/h5,7,9H,3-4,6,8H2,1-2H3. The van der Waals surface area contributed by atoms with Gasteiger partial charge in [0.2, 0.25) is 11.7 Å². The molecule has 0 aliphatic carbocycles. The summed E-state index contributed by atoms with van der Waals surface area (Å²) in [7, 11) is 2.07. The van der Waals surface area contributed by atoms with Crippen molar-refractivity contribution in [3.63, 3.8) is 0 Å². The molecule has 5 heteroatoms. The molecule has 0 N–H and O–H groups in total. The lowest BCUT2D eigenvalue weighted by molar-refractivity contribution is 0.264. The van der Waals surface area contributed by atoms with Crippen LogP contribution >= 0.6 is 11.3 Å². The summed E-state index contributed by atoms with van der Waals surface area (Å²) in [6.45, 7) is 3.97. The van der Waals surface area contributed by atoms with E-state index < -0.39 is 0 Å². The average Bonchev–Trinajstić information content (AvgIpc) is 2.95. The van der Waals surface area contributed by atoms with Crippen LogP contribution in [0.15, 0.2) is 21.3 Å². The third kappa shape index (κ3) is 3.38. The molecule has 0 fully saturated rings. The van der Waals surface area contributed by atoms with Crippen molar-refractivity contribution >= 4 is 11.3 Å². The van der Waals surface area contributed by atoms with E-state index in [-0.39, 0.29) is 0 Å². The Bertz CT molecular complexity index is 438. The Morgan fingerprint density at radius 1 is 1.47 bits per heavy atom. The number of aromatic nitrogens is 2. The van der Waals surface area contributed by atoms with E-state index in [0.717, 1.165) is 18.7 Å². The van der Waals surface area contributed by atoms with Crippen LogP contribution in [0, 0.1) is 0 Å². The lowest BCUT2D eigenvalue weighted by Gasteiger charge is -2.12. The Kier molecular flexibility index (Phi) is 4.28. The number of hydrogen-bond acceptors (Lipinski definition) is 5. The van der Waals surface area contributed by atoms with Crippen LogP contribution in [0.5, 0.6) is 0 Å². The Balaban J connectivity index is 1.94. The zero-order valence-electron chi connectivity index (χ0n) is 10.2. The van der Waals surface area contributed by atoms with Crippen molar-refractivity contribution in [2.75, 3.05) is 13.6 Å². The first-order valence-electron chi connectivity index (χ1n) is 5.83. The monoisotopic (exact) mass is 251 g/mol. The SMILES string of the molecule is CCCCN(C)Cc1nc(-c2ccsc2)no1. The molecule has 2 aromatic rings. The van der Waals surface area contributed by atoms with Gasteiger partial charge in [-0.15, -0.1) is 0 Å². The normalized spacial score (nSPS) is 11.2. The fourth-order valence-corrected chi connectivity index (χ4v) is 2.20. The van der Waals surface area contributed by atoms with E-state index in [0.29, 0.717) is 11.7 Å². The van der Waals surface area contributed by atoms with Gasteiger partial charge in [-0.2, -0.15) is 16.3 Å². The Hall–Kier alpha value is -1.20. The third-order valence-corrected chi connectivity index (χ3v) is 3.23. The number of unbranched alkanes of at least 4 members (excludes halogenated alkanes) is 1. The van der Waals surface area contributed by atoms with Gasteiger partial charge < -0.3 is 4.52 Å². The highest BCUT2D eigenvalue weighted by Gasteiger charge is 2.10. The minimum atomic E-state index is 0.685. The summed E-state index contributed by atoms with van der Waals surface area (Å²) in [6, 6.07) is 2.00. The largest absolute Gasteiger partial charge is 0.338 e. The van der Waals surface area contributed by atoms with E-state index >= 15 is 0 Å². The van der Waals surface area contributed by atoms with E-state index in [4.69, 9.17) is 4.52 Å². The molecule has 0 saturated heterocycles. The quantitative estimate of drug-likeness (QED) is 0.791. The van der Waals surface area contributed by atoms with Gasteiger partial charge in [-0.1, -0.05) is 18.5 Å². The van der Waals surface area contributed by atoms with E-state index in [1.165, 1.54) is 12.8 Å². The zero-order valence-corrected chi connectivity index (χ0v) is 11.0. The Labute approximate surface area is 105 Å². The smallest absolute Gasteiger partial charge is 0.241 e. The molecule has 0 spiro atoms. The molecule has 0 amide bonds. The summed E-state index contributed by atoms with van der Waals surface area (Å²) in [5.41, 5.74) is 1.03. The molecule has 0 aromatic carbocycles. The van der Waals surface area contributed by atoms with Crippen molar-refractivity contribution in [3.05, 3.63) is 22.7 Å². The first-order valence-corrected chi connectivity index (χ1v) is 6.77. The van der Waals surface area contributed by atoms with Gasteiger partial charge in [-0.25, -0.2) is 0 Å². The molecule has 0 radical (unpaired) electrons. The van der Waals surface area contributed by atoms with Crippen molar-refractivity contribution in [2.24, 2.45) is 0 Å². The molecule has 2 aromatic heterocycles. The predicted molar refractivity (Wildman–Crippen MR) is 68.9 cm³/mol. The van der Waals surface area contributed by atoms with Crippen LogP contribution in [0.4, 0.5) is 0 Å². The molecular weight excluding hydrogens is 234 g/mol. The second-order valence-electron chi connectivity index (χ2n) is 4.12.